The number of halogens is 1. The number of nitrogens with zero attached hydrogens (tertiary/aromatic N) is 3. The average Bonchev–Trinajstić information content (AvgIpc) is 2.88. The first-order valence-electron chi connectivity index (χ1n) is 9.46. The number of aliphatic hydroxyl groups is 1. The van der Waals surface area contributed by atoms with Gasteiger partial charge in [0.25, 0.3) is 0 Å². The van der Waals surface area contributed by atoms with Crippen LogP contribution in [-0.2, 0) is 19.4 Å². The highest BCUT2D eigenvalue weighted by Gasteiger charge is 2.23. The molecule has 0 unspecified atom stereocenters. The van der Waals surface area contributed by atoms with Crippen molar-refractivity contribution in [2.75, 3.05) is 26.2 Å². The lowest BCUT2D eigenvalue weighted by Crippen LogP contribution is -2.29. The van der Waals surface area contributed by atoms with E-state index in [1.165, 1.54) is 16.8 Å². The van der Waals surface area contributed by atoms with E-state index in [0.29, 0.717) is 0 Å². The SMILES string of the molecule is OCCN1CCc2c(-c3ccc(Cl)cc3)nn(Cc3ccccc3)c2CC1. The molecule has 0 saturated heterocycles. The molecule has 1 aromatic heterocycles. The van der Waals surface area contributed by atoms with Gasteiger partial charge in [0.2, 0.25) is 0 Å². The third kappa shape index (κ3) is 4.08. The van der Waals surface area contributed by atoms with Gasteiger partial charge in [-0.25, -0.2) is 0 Å². The quantitative estimate of drug-likeness (QED) is 0.733. The zero-order chi connectivity index (χ0) is 18.6. The number of benzene rings is 2. The van der Waals surface area contributed by atoms with Gasteiger partial charge in [0, 0.05) is 47.9 Å². The first-order valence-corrected chi connectivity index (χ1v) is 9.84. The van der Waals surface area contributed by atoms with E-state index in [2.05, 4.69) is 33.8 Å². The number of rotatable bonds is 5. The smallest absolute Gasteiger partial charge is 0.0958 e. The van der Waals surface area contributed by atoms with Gasteiger partial charge < -0.3 is 10.0 Å². The maximum absolute atomic E-state index is 9.31. The molecule has 4 nitrogen and oxygen atoms in total. The Labute approximate surface area is 165 Å². The number of β-amino-alcohol motifs (C(OH)–C–C–N with tert-alkyl or cyclic N) is 1. The van der Waals surface area contributed by atoms with Gasteiger partial charge in [-0.15, -0.1) is 0 Å². The number of hydrogen-bond donors (Lipinski definition) is 1. The van der Waals surface area contributed by atoms with Crippen molar-refractivity contribution in [3.8, 4) is 11.3 Å². The Kier molecular flexibility index (Phi) is 5.58. The third-order valence-corrected chi connectivity index (χ3v) is 5.47. The summed E-state index contributed by atoms with van der Waals surface area (Å²) in [5, 5.41) is 15.1. The molecule has 0 amide bonds. The van der Waals surface area contributed by atoms with Crippen molar-refractivity contribution in [3.05, 3.63) is 76.4 Å². The first-order chi connectivity index (χ1) is 13.2. The second kappa shape index (κ2) is 8.26. The maximum Gasteiger partial charge on any atom is 0.0958 e. The standard InChI is InChI=1S/C22H24ClN3O/c23-19-8-6-18(7-9-19)22-20-10-12-25(14-15-27)13-11-21(20)26(24-22)16-17-4-2-1-3-5-17/h1-9,27H,10-16H2. The summed E-state index contributed by atoms with van der Waals surface area (Å²) in [7, 11) is 0. The molecule has 0 bridgehead atoms. The monoisotopic (exact) mass is 381 g/mol. The van der Waals surface area contributed by atoms with Crippen LogP contribution in [0.5, 0.6) is 0 Å². The summed E-state index contributed by atoms with van der Waals surface area (Å²) in [5.74, 6) is 0. The highest BCUT2D eigenvalue weighted by molar-refractivity contribution is 6.30. The Balaban J connectivity index is 1.72. The van der Waals surface area contributed by atoms with E-state index in [4.69, 9.17) is 16.7 Å². The summed E-state index contributed by atoms with van der Waals surface area (Å²) >= 11 is 6.08. The molecular formula is C22H24ClN3O. The molecule has 1 N–H and O–H groups in total. The predicted molar refractivity (Wildman–Crippen MR) is 109 cm³/mol. The largest absolute Gasteiger partial charge is 0.395 e. The van der Waals surface area contributed by atoms with Gasteiger partial charge in [-0.1, -0.05) is 54.1 Å². The molecule has 5 heteroatoms. The van der Waals surface area contributed by atoms with Gasteiger partial charge in [-0.2, -0.15) is 5.10 Å². The van der Waals surface area contributed by atoms with Crippen LogP contribution >= 0.6 is 11.6 Å². The van der Waals surface area contributed by atoms with Crippen LogP contribution in [-0.4, -0.2) is 46.0 Å². The van der Waals surface area contributed by atoms with Crippen LogP contribution in [0.1, 0.15) is 16.8 Å². The predicted octanol–water partition coefficient (Wildman–Crippen LogP) is 3.64. The molecule has 0 atom stereocenters. The molecule has 0 fully saturated rings. The second-order valence-corrected chi connectivity index (χ2v) is 7.43. The fraction of sp³-hybridized carbons (Fsp3) is 0.318. The van der Waals surface area contributed by atoms with Crippen molar-refractivity contribution < 1.29 is 5.11 Å². The van der Waals surface area contributed by atoms with Crippen molar-refractivity contribution in [2.24, 2.45) is 0 Å². The van der Waals surface area contributed by atoms with Crippen molar-refractivity contribution in [3.63, 3.8) is 0 Å². The molecule has 4 rings (SSSR count). The van der Waals surface area contributed by atoms with Gasteiger partial charge in [0.1, 0.15) is 0 Å². The zero-order valence-corrected chi connectivity index (χ0v) is 16.1. The highest BCUT2D eigenvalue weighted by atomic mass is 35.5. The molecule has 3 aromatic rings. The van der Waals surface area contributed by atoms with E-state index in [1.807, 2.05) is 30.3 Å². The fourth-order valence-corrected chi connectivity index (χ4v) is 3.94. The minimum atomic E-state index is 0.205. The van der Waals surface area contributed by atoms with Crippen molar-refractivity contribution in [2.45, 2.75) is 19.4 Å². The zero-order valence-electron chi connectivity index (χ0n) is 15.3. The molecule has 2 heterocycles. The lowest BCUT2D eigenvalue weighted by atomic mass is 10.0. The molecule has 2 aromatic carbocycles. The second-order valence-electron chi connectivity index (χ2n) is 6.99. The number of hydrogen-bond acceptors (Lipinski definition) is 3. The van der Waals surface area contributed by atoms with Crippen LogP contribution < -0.4 is 0 Å². The van der Waals surface area contributed by atoms with Gasteiger partial charge in [0.15, 0.2) is 0 Å². The van der Waals surface area contributed by atoms with Gasteiger partial charge in [-0.05, 0) is 24.1 Å². The minimum Gasteiger partial charge on any atom is -0.395 e. The maximum atomic E-state index is 9.31. The van der Waals surface area contributed by atoms with Gasteiger partial charge in [-0.3, -0.25) is 4.68 Å². The van der Waals surface area contributed by atoms with E-state index >= 15 is 0 Å². The molecule has 27 heavy (non-hydrogen) atoms. The number of aliphatic hydroxyl groups excluding tert-OH is 1. The molecule has 0 radical (unpaired) electrons. The normalized spacial score (nSPS) is 14.7. The van der Waals surface area contributed by atoms with Crippen LogP contribution in [0.4, 0.5) is 0 Å². The van der Waals surface area contributed by atoms with Crippen molar-refractivity contribution in [1.82, 2.24) is 14.7 Å². The average molecular weight is 382 g/mol. The molecular weight excluding hydrogens is 358 g/mol. The Morgan fingerprint density at radius 3 is 2.44 bits per heavy atom. The summed E-state index contributed by atoms with van der Waals surface area (Å²) in [5.41, 5.74) is 6.06. The van der Waals surface area contributed by atoms with E-state index in [1.54, 1.807) is 0 Å². The summed E-state index contributed by atoms with van der Waals surface area (Å²) in [6, 6.07) is 18.4. The van der Waals surface area contributed by atoms with E-state index in [0.717, 1.165) is 55.3 Å². The highest BCUT2D eigenvalue weighted by Crippen LogP contribution is 2.29. The van der Waals surface area contributed by atoms with Gasteiger partial charge in [0.05, 0.1) is 18.8 Å². The number of aromatic nitrogens is 2. The first kappa shape index (κ1) is 18.2. The van der Waals surface area contributed by atoms with Crippen LogP contribution in [0.25, 0.3) is 11.3 Å². The van der Waals surface area contributed by atoms with Crippen LogP contribution in [0.15, 0.2) is 54.6 Å². The third-order valence-electron chi connectivity index (χ3n) is 5.22. The van der Waals surface area contributed by atoms with E-state index in [-0.39, 0.29) is 6.61 Å². The molecule has 0 spiro atoms. The van der Waals surface area contributed by atoms with E-state index < -0.39 is 0 Å². The Hall–Kier alpha value is -2.14. The number of fused-ring (bicyclic) bond motifs is 1. The van der Waals surface area contributed by atoms with Crippen LogP contribution in [0.3, 0.4) is 0 Å². The fourth-order valence-electron chi connectivity index (χ4n) is 3.81. The van der Waals surface area contributed by atoms with Crippen LogP contribution in [0.2, 0.25) is 5.02 Å². The molecule has 1 aliphatic rings. The summed E-state index contributed by atoms with van der Waals surface area (Å²) in [6.45, 7) is 3.61. The summed E-state index contributed by atoms with van der Waals surface area (Å²) in [4.78, 5) is 2.33. The lowest BCUT2D eigenvalue weighted by molar-refractivity contribution is 0.201. The molecule has 140 valence electrons. The Morgan fingerprint density at radius 1 is 0.963 bits per heavy atom. The minimum absolute atomic E-state index is 0.205. The topological polar surface area (TPSA) is 41.3 Å². The molecule has 1 aliphatic heterocycles. The lowest BCUT2D eigenvalue weighted by Gasteiger charge is -2.18. The van der Waals surface area contributed by atoms with Crippen molar-refractivity contribution >= 4 is 11.6 Å². The van der Waals surface area contributed by atoms with Crippen LogP contribution in [0, 0.1) is 0 Å². The molecule has 0 saturated carbocycles. The Bertz CT molecular complexity index is 890. The summed E-state index contributed by atoms with van der Waals surface area (Å²) in [6.07, 6.45) is 1.89. The van der Waals surface area contributed by atoms with Gasteiger partial charge >= 0.3 is 0 Å². The molecule has 0 aliphatic carbocycles. The van der Waals surface area contributed by atoms with E-state index in [9.17, 15) is 5.11 Å². The Morgan fingerprint density at radius 2 is 1.70 bits per heavy atom. The summed E-state index contributed by atoms with van der Waals surface area (Å²) < 4.78 is 2.16. The van der Waals surface area contributed by atoms with Crippen molar-refractivity contribution in [1.29, 1.82) is 0 Å².